The van der Waals surface area contributed by atoms with Crippen LogP contribution in [0.25, 0.3) is 0 Å². The molecule has 0 saturated carbocycles. The molecule has 0 bridgehead atoms. The number of rotatable bonds is 7. The van der Waals surface area contributed by atoms with Crippen LogP contribution in [0.2, 0.25) is 0 Å². The lowest BCUT2D eigenvalue weighted by molar-refractivity contribution is -0.0261. The summed E-state index contributed by atoms with van der Waals surface area (Å²) in [6.45, 7) is 8.07. The Morgan fingerprint density at radius 2 is 1.83 bits per heavy atom. The number of hydrogen-bond acceptors (Lipinski definition) is 2. The zero-order valence-corrected chi connectivity index (χ0v) is 8.85. The predicted octanol–water partition coefficient (Wildman–Crippen LogP) is 2.62. The maximum Gasteiger partial charge on any atom is 0.0670 e. The van der Waals surface area contributed by atoms with E-state index in [1.54, 1.807) is 7.11 Å². The molecule has 12 heavy (non-hydrogen) atoms. The van der Waals surface area contributed by atoms with Gasteiger partial charge in [0, 0.05) is 20.3 Å². The molecule has 1 atom stereocenters. The predicted molar refractivity (Wildman–Crippen MR) is 51.4 cm³/mol. The highest BCUT2D eigenvalue weighted by Gasteiger charge is 2.19. The summed E-state index contributed by atoms with van der Waals surface area (Å²) < 4.78 is 10.8. The molecule has 0 aliphatic carbocycles. The molecule has 0 aliphatic heterocycles. The molecule has 0 rings (SSSR count). The summed E-state index contributed by atoms with van der Waals surface area (Å²) in [6.07, 6.45) is 3.12. The molecule has 0 saturated heterocycles. The van der Waals surface area contributed by atoms with Crippen LogP contribution < -0.4 is 0 Å². The van der Waals surface area contributed by atoms with Crippen molar-refractivity contribution in [2.24, 2.45) is 0 Å². The Kier molecular flexibility index (Phi) is 6.39. The van der Waals surface area contributed by atoms with Crippen molar-refractivity contribution >= 4 is 0 Å². The summed E-state index contributed by atoms with van der Waals surface area (Å²) in [4.78, 5) is 0. The van der Waals surface area contributed by atoms with E-state index in [1.807, 2.05) is 0 Å². The summed E-state index contributed by atoms with van der Waals surface area (Å²) >= 11 is 0. The lowest BCUT2D eigenvalue weighted by atomic mass is 10.00. The third-order valence-electron chi connectivity index (χ3n) is 2.36. The zero-order chi connectivity index (χ0) is 9.45. The Hall–Kier alpha value is -0.0800. The summed E-state index contributed by atoms with van der Waals surface area (Å²) in [7, 11) is 1.77. The molecule has 0 aliphatic rings. The van der Waals surface area contributed by atoms with E-state index in [9.17, 15) is 0 Å². The van der Waals surface area contributed by atoms with Crippen LogP contribution in [0.5, 0.6) is 0 Å². The van der Waals surface area contributed by atoms with E-state index in [1.165, 1.54) is 0 Å². The second kappa shape index (κ2) is 6.44. The third kappa shape index (κ3) is 4.73. The van der Waals surface area contributed by atoms with Gasteiger partial charge in [-0.1, -0.05) is 13.8 Å². The first-order chi connectivity index (χ1) is 5.68. The minimum atomic E-state index is 0.00768. The lowest BCUT2D eigenvalue weighted by Gasteiger charge is -2.26. The van der Waals surface area contributed by atoms with Crippen molar-refractivity contribution < 1.29 is 9.47 Å². The van der Waals surface area contributed by atoms with E-state index in [0.717, 1.165) is 32.5 Å². The van der Waals surface area contributed by atoms with Gasteiger partial charge in [-0.05, 0) is 26.2 Å². The normalized spacial score (nSPS) is 16.0. The highest BCUT2D eigenvalue weighted by Crippen LogP contribution is 2.18. The molecule has 0 heterocycles. The van der Waals surface area contributed by atoms with Crippen molar-refractivity contribution in [3.63, 3.8) is 0 Å². The minimum absolute atomic E-state index is 0.00768. The second-order valence-electron chi connectivity index (χ2n) is 3.37. The molecule has 2 heteroatoms. The average molecular weight is 174 g/mol. The highest BCUT2D eigenvalue weighted by atomic mass is 16.5. The Morgan fingerprint density at radius 3 is 2.25 bits per heavy atom. The molecule has 0 aromatic carbocycles. The molecule has 0 aromatic heterocycles. The molecule has 1 unspecified atom stereocenters. The largest absolute Gasteiger partial charge is 0.381 e. The Morgan fingerprint density at radius 1 is 1.17 bits per heavy atom. The van der Waals surface area contributed by atoms with Gasteiger partial charge in [0.1, 0.15) is 0 Å². The van der Waals surface area contributed by atoms with Crippen LogP contribution in [0.4, 0.5) is 0 Å². The Bertz CT molecular complexity index is 98.0. The van der Waals surface area contributed by atoms with Crippen LogP contribution in [0.3, 0.4) is 0 Å². The Labute approximate surface area is 76.3 Å². The molecular weight excluding hydrogens is 152 g/mol. The highest BCUT2D eigenvalue weighted by molar-refractivity contribution is 4.71. The van der Waals surface area contributed by atoms with Gasteiger partial charge in [0.2, 0.25) is 0 Å². The summed E-state index contributed by atoms with van der Waals surface area (Å²) in [5, 5.41) is 0. The summed E-state index contributed by atoms with van der Waals surface area (Å²) in [5.41, 5.74) is 0.00768. The molecule has 0 aromatic rings. The number of hydrogen-bond donors (Lipinski definition) is 0. The number of ether oxygens (including phenoxy) is 2. The van der Waals surface area contributed by atoms with E-state index in [2.05, 4.69) is 20.8 Å². The fourth-order valence-electron chi connectivity index (χ4n) is 0.958. The topological polar surface area (TPSA) is 18.5 Å². The van der Waals surface area contributed by atoms with Gasteiger partial charge in [0.15, 0.2) is 0 Å². The van der Waals surface area contributed by atoms with Crippen LogP contribution >= 0.6 is 0 Å². The third-order valence-corrected chi connectivity index (χ3v) is 2.36. The van der Waals surface area contributed by atoms with E-state index in [-0.39, 0.29) is 5.60 Å². The van der Waals surface area contributed by atoms with Gasteiger partial charge >= 0.3 is 0 Å². The van der Waals surface area contributed by atoms with Crippen LogP contribution in [-0.4, -0.2) is 25.9 Å². The lowest BCUT2D eigenvalue weighted by Crippen LogP contribution is -2.27. The maximum atomic E-state index is 5.40. The molecule has 74 valence electrons. The van der Waals surface area contributed by atoms with E-state index < -0.39 is 0 Å². The first kappa shape index (κ1) is 11.9. The minimum Gasteiger partial charge on any atom is -0.381 e. The molecule has 2 nitrogen and oxygen atoms in total. The van der Waals surface area contributed by atoms with Crippen LogP contribution in [0.1, 0.15) is 40.0 Å². The van der Waals surface area contributed by atoms with Crippen molar-refractivity contribution in [3.8, 4) is 0 Å². The van der Waals surface area contributed by atoms with E-state index in [0.29, 0.717) is 0 Å². The summed E-state index contributed by atoms with van der Waals surface area (Å²) in [6, 6.07) is 0. The molecule has 0 spiro atoms. The summed E-state index contributed by atoms with van der Waals surface area (Å²) in [5.74, 6) is 0. The Balaban J connectivity index is 3.45. The molecule has 0 N–H and O–H groups in total. The van der Waals surface area contributed by atoms with Crippen molar-refractivity contribution in [2.45, 2.75) is 45.6 Å². The fraction of sp³-hybridized carbons (Fsp3) is 1.00. The smallest absolute Gasteiger partial charge is 0.0670 e. The number of methoxy groups -OCH3 is 1. The standard InChI is InChI=1S/C10H22O2/c1-5-8-12-9-7-10(3,6-2)11-4/h5-9H2,1-4H3. The quantitative estimate of drug-likeness (QED) is 0.552. The molecule has 0 radical (unpaired) electrons. The van der Waals surface area contributed by atoms with Gasteiger partial charge in [0.05, 0.1) is 5.60 Å². The van der Waals surface area contributed by atoms with Crippen LogP contribution in [0, 0.1) is 0 Å². The van der Waals surface area contributed by atoms with E-state index >= 15 is 0 Å². The monoisotopic (exact) mass is 174 g/mol. The van der Waals surface area contributed by atoms with Crippen molar-refractivity contribution in [2.75, 3.05) is 20.3 Å². The van der Waals surface area contributed by atoms with E-state index in [4.69, 9.17) is 9.47 Å². The first-order valence-electron chi connectivity index (χ1n) is 4.81. The van der Waals surface area contributed by atoms with Crippen molar-refractivity contribution in [1.82, 2.24) is 0 Å². The zero-order valence-electron chi connectivity index (χ0n) is 8.85. The maximum absolute atomic E-state index is 5.40. The van der Waals surface area contributed by atoms with Crippen molar-refractivity contribution in [3.05, 3.63) is 0 Å². The fourth-order valence-corrected chi connectivity index (χ4v) is 0.958. The van der Waals surface area contributed by atoms with Crippen LogP contribution in [-0.2, 0) is 9.47 Å². The van der Waals surface area contributed by atoms with Gasteiger partial charge in [-0.2, -0.15) is 0 Å². The molecule has 0 fully saturated rings. The first-order valence-corrected chi connectivity index (χ1v) is 4.81. The average Bonchev–Trinajstić information content (AvgIpc) is 2.12. The van der Waals surface area contributed by atoms with Gasteiger partial charge in [-0.3, -0.25) is 0 Å². The molecular formula is C10H22O2. The van der Waals surface area contributed by atoms with Crippen LogP contribution in [0.15, 0.2) is 0 Å². The second-order valence-corrected chi connectivity index (χ2v) is 3.37. The van der Waals surface area contributed by atoms with Crippen molar-refractivity contribution in [1.29, 1.82) is 0 Å². The van der Waals surface area contributed by atoms with Gasteiger partial charge < -0.3 is 9.47 Å². The SMILES string of the molecule is CCCOCCC(C)(CC)OC. The van der Waals surface area contributed by atoms with Gasteiger partial charge in [-0.25, -0.2) is 0 Å². The molecule has 0 amide bonds. The van der Waals surface area contributed by atoms with Gasteiger partial charge in [-0.15, -0.1) is 0 Å². The van der Waals surface area contributed by atoms with Gasteiger partial charge in [0.25, 0.3) is 0 Å².